The van der Waals surface area contributed by atoms with Crippen LogP contribution in [0.2, 0.25) is 0 Å². The highest BCUT2D eigenvalue weighted by Crippen LogP contribution is 2.33. The van der Waals surface area contributed by atoms with Crippen LogP contribution in [0.25, 0.3) is 32.9 Å². The molecule has 2 N–H and O–H groups in total. The molecule has 0 saturated carbocycles. The first-order chi connectivity index (χ1) is 10.8. The number of benzene rings is 2. The lowest BCUT2D eigenvalue weighted by Gasteiger charge is -2.02. The molecule has 2 heterocycles. The zero-order chi connectivity index (χ0) is 15.1. The minimum atomic E-state index is -0.258. The molecule has 0 bridgehead atoms. The van der Waals surface area contributed by atoms with Crippen LogP contribution < -0.4 is 5.32 Å². The Morgan fingerprint density at radius 3 is 2.59 bits per heavy atom. The van der Waals surface area contributed by atoms with Crippen molar-refractivity contribution in [1.82, 2.24) is 15.0 Å². The van der Waals surface area contributed by atoms with Crippen molar-refractivity contribution >= 4 is 27.5 Å². The maximum atomic E-state index is 13.8. The highest BCUT2D eigenvalue weighted by molar-refractivity contribution is 6.12. The lowest BCUT2D eigenvalue weighted by Crippen LogP contribution is -1.90. The van der Waals surface area contributed by atoms with Crippen molar-refractivity contribution in [2.75, 3.05) is 12.4 Å². The van der Waals surface area contributed by atoms with Gasteiger partial charge in [-0.1, -0.05) is 6.07 Å². The van der Waals surface area contributed by atoms with E-state index in [1.807, 2.05) is 18.2 Å². The average Bonchev–Trinajstić information content (AvgIpc) is 2.92. The van der Waals surface area contributed by atoms with Crippen LogP contribution in [0, 0.1) is 5.82 Å². The Balaban J connectivity index is 2.03. The van der Waals surface area contributed by atoms with E-state index >= 15 is 0 Å². The van der Waals surface area contributed by atoms with Gasteiger partial charge in [0.2, 0.25) is 0 Å². The fourth-order valence-corrected chi connectivity index (χ4v) is 2.79. The molecule has 0 radical (unpaired) electrons. The third-order valence-corrected chi connectivity index (χ3v) is 3.84. The van der Waals surface area contributed by atoms with Crippen molar-refractivity contribution in [3.05, 3.63) is 54.9 Å². The third kappa shape index (κ3) is 1.90. The van der Waals surface area contributed by atoms with Crippen LogP contribution in [0.15, 0.2) is 49.1 Å². The number of anilines is 1. The SMILES string of the molecule is CNc1cc(F)cc2c1[nH]c1ccc(-c3cncnc3)cc12. The summed E-state index contributed by atoms with van der Waals surface area (Å²) in [5.41, 5.74) is 4.56. The van der Waals surface area contributed by atoms with Gasteiger partial charge < -0.3 is 10.3 Å². The summed E-state index contributed by atoms with van der Waals surface area (Å²) in [5.74, 6) is -0.258. The van der Waals surface area contributed by atoms with E-state index in [9.17, 15) is 4.39 Å². The monoisotopic (exact) mass is 292 g/mol. The van der Waals surface area contributed by atoms with E-state index in [4.69, 9.17) is 0 Å². The van der Waals surface area contributed by atoms with Gasteiger partial charge in [-0.05, 0) is 29.8 Å². The predicted molar refractivity (Wildman–Crippen MR) is 86.3 cm³/mol. The number of halogens is 1. The van der Waals surface area contributed by atoms with Crippen molar-refractivity contribution in [3.63, 3.8) is 0 Å². The van der Waals surface area contributed by atoms with Crippen molar-refractivity contribution < 1.29 is 4.39 Å². The second-order valence-electron chi connectivity index (χ2n) is 5.14. The summed E-state index contributed by atoms with van der Waals surface area (Å²) in [4.78, 5) is 11.4. The molecule has 22 heavy (non-hydrogen) atoms. The molecular weight excluding hydrogens is 279 g/mol. The molecule has 4 nitrogen and oxygen atoms in total. The van der Waals surface area contributed by atoms with E-state index in [2.05, 4.69) is 20.3 Å². The van der Waals surface area contributed by atoms with Gasteiger partial charge in [-0.15, -0.1) is 0 Å². The molecular formula is C17H13FN4. The van der Waals surface area contributed by atoms with Crippen LogP contribution in [0.3, 0.4) is 0 Å². The Kier molecular flexibility index (Phi) is 2.79. The molecule has 0 fully saturated rings. The summed E-state index contributed by atoms with van der Waals surface area (Å²) in [6, 6.07) is 9.08. The minimum absolute atomic E-state index is 0.258. The van der Waals surface area contributed by atoms with Crippen LogP contribution >= 0.6 is 0 Å². The van der Waals surface area contributed by atoms with Gasteiger partial charge in [0.05, 0.1) is 11.2 Å². The van der Waals surface area contributed by atoms with Gasteiger partial charge in [0.1, 0.15) is 12.1 Å². The van der Waals surface area contributed by atoms with Gasteiger partial charge in [0.25, 0.3) is 0 Å². The first-order valence-corrected chi connectivity index (χ1v) is 6.94. The van der Waals surface area contributed by atoms with Gasteiger partial charge in [0, 0.05) is 41.3 Å². The molecule has 0 aliphatic carbocycles. The molecule has 0 aliphatic rings. The Bertz CT molecular complexity index is 976. The second kappa shape index (κ2) is 4.80. The standard InChI is InChI=1S/C17H13FN4/c1-19-16-6-12(18)5-14-13-4-10(11-7-20-9-21-8-11)2-3-15(13)22-17(14)16/h2-9,19,22H,1H3. The first-order valence-electron chi connectivity index (χ1n) is 6.94. The summed E-state index contributed by atoms with van der Waals surface area (Å²) in [7, 11) is 1.78. The first kappa shape index (κ1) is 12.8. The normalized spacial score (nSPS) is 11.2. The number of nitrogens with one attached hydrogen (secondary N) is 2. The summed E-state index contributed by atoms with van der Waals surface area (Å²) < 4.78 is 13.8. The zero-order valence-electron chi connectivity index (χ0n) is 11.9. The van der Waals surface area contributed by atoms with Gasteiger partial charge in [-0.25, -0.2) is 14.4 Å². The topological polar surface area (TPSA) is 53.6 Å². The average molecular weight is 292 g/mol. The number of aromatic amines is 1. The number of hydrogen-bond donors (Lipinski definition) is 2. The molecule has 4 rings (SSSR count). The van der Waals surface area contributed by atoms with Crippen LogP contribution in [0.4, 0.5) is 10.1 Å². The van der Waals surface area contributed by atoms with E-state index in [1.165, 1.54) is 12.4 Å². The highest BCUT2D eigenvalue weighted by Gasteiger charge is 2.11. The largest absolute Gasteiger partial charge is 0.386 e. The number of fused-ring (bicyclic) bond motifs is 3. The number of hydrogen-bond acceptors (Lipinski definition) is 3. The molecule has 0 spiro atoms. The molecule has 0 amide bonds. The van der Waals surface area contributed by atoms with E-state index in [0.29, 0.717) is 0 Å². The molecule has 0 unspecified atom stereocenters. The van der Waals surface area contributed by atoms with Gasteiger partial charge in [-0.2, -0.15) is 0 Å². The van der Waals surface area contributed by atoms with Crippen molar-refractivity contribution in [3.8, 4) is 11.1 Å². The maximum Gasteiger partial charge on any atom is 0.126 e. The lowest BCUT2D eigenvalue weighted by atomic mass is 10.0. The third-order valence-electron chi connectivity index (χ3n) is 3.84. The molecule has 0 saturated heterocycles. The maximum absolute atomic E-state index is 13.8. The van der Waals surface area contributed by atoms with E-state index in [1.54, 1.807) is 25.5 Å². The smallest absolute Gasteiger partial charge is 0.126 e. The summed E-state index contributed by atoms with van der Waals surface area (Å²) in [5, 5.41) is 4.87. The molecule has 2 aromatic carbocycles. The molecule has 0 atom stereocenters. The molecule has 5 heteroatoms. The van der Waals surface area contributed by atoms with E-state index < -0.39 is 0 Å². The van der Waals surface area contributed by atoms with Gasteiger partial charge in [-0.3, -0.25) is 0 Å². The number of nitrogens with zero attached hydrogens (tertiary/aromatic N) is 2. The van der Waals surface area contributed by atoms with Gasteiger partial charge >= 0.3 is 0 Å². The quantitative estimate of drug-likeness (QED) is 0.588. The fourth-order valence-electron chi connectivity index (χ4n) is 2.79. The molecule has 2 aromatic heterocycles. The van der Waals surface area contributed by atoms with Crippen LogP contribution in [0.5, 0.6) is 0 Å². The number of aromatic nitrogens is 3. The van der Waals surface area contributed by atoms with Crippen molar-refractivity contribution in [1.29, 1.82) is 0 Å². The van der Waals surface area contributed by atoms with Crippen molar-refractivity contribution in [2.45, 2.75) is 0 Å². The van der Waals surface area contributed by atoms with Crippen LogP contribution in [0.1, 0.15) is 0 Å². The number of H-pyrrole nitrogens is 1. The fraction of sp³-hybridized carbons (Fsp3) is 0.0588. The summed E-state index contributed by atoms with van der Waals surface area (Å²) >= 11 is 0. The predicted octanol–water partition coefficient (Wildman–Crippen LogP) is 3.96. The minimum Gasteiger partial charge on any atom is -0.386 e. The van der Waals surface area contributed by atoms with Crippen molar-refractivity contribution in [2.24, 2.45) is 0 Å². The van der Waals surface area contributed by atoms with Crippen LogP contribution in [-0.4, -0.2) is 22.0 Å². The Morgan fingerprint density at radius 2 is 1.82 bits per heavy atom. The zero-order valence-corrected chi connectivity index (χ0v) is 11.9. The number of rotatable bonds is 2. The van der Waals surface area contributed by atoms with E-state index in [0.717, 1.165) is 38.6 Å². The molecule has 0 aliphatic heterocycles. The van der Waals surface area contributed by atoms with E-state index in [-0.39, 0.29) is 5.82 Å². The Morgan fingerprint density at radius 1 is 1.00 bits per heavy atom. The highest BCUT2D eigenvalue weighted by atomic mass is 19.1. The molecule has 4 aromatic rings. The summed E-state index contributed by atoms with van der Waals surface area (Å²) in [6.07, 6.45) is 5.04. The lowest BCUT2D eigenvalue weighted by molar-refractivity contribution is 0.630. The molecule has 108 valence electrons. The van der Waals surface area contributed by atoms with Crippen LogP contribution in [-0.2, 0) is 0 Å². The Labute approximate surface area is 126 Å². The summed E-state index contributed by atoms with van der Waals surface area (Å²) in [6.45, 7) is 0. The second-order valence-corrected chi connectivity index (χ2v) is 5.14. The van der Waals surface area contributed by atoms with Gasteiger partial charge in [0.15, 0.2) is 0 Å². The Hall–Kier alpha value is -2.95.